The molecule has 3 nitrogen and oxygen atoms in total. The first-order valence-corrected chi connectivity index (χ1v) is 5.94. The molecule has 13 heavy (non-hydrogen) atoms. The Morgan fingerprint density at radius 1 is 1.46 bits per heavy atom. The fraction of sp³-hybridized carbons (Fsp3) is 0.889. The third-order valence-electron chi connectivity index (χ3n) is 1.96. The number of hydrogen-bond acceptors (Lipinski definition) is 3. The summed E-state index contributed by atoms with van der Waals surface area (Å²) in [5.74, 6) is 0.885. The van der Waals surface area contributed by atoms with Gasteiger partial charge in [0.2, 0.25) is 5.91 Å². The van der Waals surface area contributed by atoms with Crippen LogP contribution in [0.5, 0.6) is 0 Å². The van der Waals surface area contributed by atoms with Crippen molar-refractivity contribution in [3.05, 3.63) is 0 Å². The first-order valence-electron chi connectivity index (χ1n) is 4.54. The van der Waals surface area contributed by atoms with E-state index in [1.165, 1.54) is 12.2 Å². The van der Waals surface area contributed by atoms with Gasteiger partial charge in [0.25, 0.3) is 0 Å². The Balaban J connectivity index is 3.46. The van der Waals surface area contributed by atoms with Crippen LogP contribution in [0.2, 0.25) is 0 Å². The second-order valence-corrected chi connectivity index (χ2v) is 4.60. The predicted molar refractivity (Wildman–Crippen MR) is 58.9 cm³/mol. The molecule has 3 N–H and O–H groups in total. The smallest absolute Gasteiger partial charge is 0.237 e. The highest BCUT2D eigenvalue weighted by Gasteiger charge is 2.22. The van der Waals surface area contributed by atoms with Crippen LogP contribution in [0.3, 0.4) is 0 Å². The Labute approximate surface area is 84.8 Å². The first-order chi connectivity index (χ1) is 6.00. The number of unbranched alkanes of at least 4 members (excludes halogenated alkanes) is 1. The highest BCUT2D eigenvalue weighted by molar-refractivity contribution is 7.98. The van der Waals surface area contributed by atoms with Gasteiger partial charge in [-0.2, -0.15) is 11.8 Å². The third kappa shape index (κ3) is 5.93. The van der Waals surface area contributed by atoms with Gasteiger partial charge in [0.1, 0.15) is 0 Å². The molecular weight excluding hydrogens is 184 g/mol. The average molecular weight is 204 g/mol. The van der Waals surface area contributed by atoms with Crippen LogP contribution in [-0.2, 0) is 4.79 Å². The minimum atomic E-state index is -0.570. The molecule has 0 saturated heterocycles. The monoisotopic (exact) mass is 204 g/mol. The molecule has 0 bridgehead atoms. The minimum Gasteiger partial charge on any atom is -0.368 e. The Bertz CT molecular complexity index is 160. The summed E-state index contributed by atoms with van der Waals surface area (Å²) in [5, 5.41) is 3.13. The molecule has 0 spiro atoms. The fourth-order valence-electron chi connectivity index (χ4n) is 0.859. The number of primary amides is 1. The van der Waals surface area contributed by atoms with Crippen molar-refractivity contribution in [1.82, 2.24) is 5.32 Å². The van der Waals surface area contributed by atoms with Crippen molar-refractivity contribution in [3.8, 4) is 0 Å². The van der Waals surface area contributed by atoms with E-state index in [4.69, 9.17) is 5.73 Å². The van der Waals surface area contributed by atoms with Gasteiger partial charge in [-0.1, -0.05) is 0 Å². The zero-order chi connectivity index (χ0) is 10.3. The number of nitrogens with one attached hydrogen (secondary N) is 1. The van der Waals surface area contributed by atoms with Gasteiger partial charge in [-0.05, 0) is 45.2 Å². The molecule has 0 atom stereocenters. The van der Waals surface area contributed by atoms with E-state index < -0.39 is 5.54 Å². The molecule has 0 aromatic heterocycles. The molecule has 0 fully saturated rings. The predicted octanol–water partition coefficient (Wildman–Crippen LogP) is 0.983. The van der Waals surface area contributed by atoms with Crippen LogP contribution in [-0.4, -0.2) is 30.0 Å². The van der Waals surface area contributed by atoms with E-state index in [-0.39, 0.29) is 5.91 Å². The topological polar surface area (TPSA) is 55.1 Å². The molecule has 0 aromatic rings. The molecule has 0 aliphatic heterocycles. The molecular formula is C9H20N2OS. The molecule has 0 aliphatic rings. The third-order valence-corrected chi connectivity index (χ3v) is 2.66. The largest absolute Gasteiger partial charge is 0.368 e. The quantitative estimate of drug-likeness (QED) is 0.608. The average Bonchev–Trinajstić information content (AvgIpc) is 2.03. The van der Waals surface area contributed by atoms with E-state index in [0.717, 1.165) is 13.0 Å². The van der Waals surface area contributed by atoms with Crippen molar-refractivity contribution in [3.63, 3.8) is 0 Å². The van der Waals surface area contributed by atoms with Crippen LogP contribution >= 0.6 is 11.8 Å². The maximum absolute atomic E-state index is 10.9. The van der Waals surface area contributed by atoms with E-state index >= 15 is 0 Å². The van der Waals surface area contributed by atoms with Crippen LogP contribution in [0.15, 0.2) is 0 Å². The maximum Gasteiger partial charge on any atom is 0.237 e. The number of nitrogens with two attached hydrogens (primary N) is 1. The molecule has 0 aromatic carbocycles. The van der Waals surface area contributed by atoms with Crippen LogP contribution in [0.4, 0.5) is 0 Å². The lowest BCUT2D eigenvalue weighted by molar-refractivity contribution is -0.123. The zero-order valence-electron chi connectivity index (χ0n) is 8.72. The molecule has 0 unspecified atom stereocenters. The first kappa shape index (κ1) is 12.8. The van der Waals surface area contributed by atoms with Gasteiger partial charge in [0.15, 0.2) is 0 Å². The second-order valence-electron chi connectivity index (χ2n) is 3.62. The van der Waals surface area contributed by atoms with Crippen LogP contribution in [0, 0.1) is 0 Å². The molecule has 0 saturated carbocycles. The molecule has 4 heteroatoms. The lowest BCUT2D eigenvalue weighted by Crippen LogP contribution is -2.50. The summed E-state index contributed by atoms with van der Waals surface area (Å²) in [6.07, 6.45) is 4.38. The van der Waals surface area contributed by atoms with Crippen molar-refractivity contribution in [2.24, 2.45) is 5.73 Å². The van der Waals surface area contributed by atoms with E-state index in [1.807, 2.05) is 25.6 Å². The van der Waals surface area contributed by atoms with E-state index in [0.29, 0.717) is 0 Å². The van der Waals surface area contributed by atoms with Crippen LogP contribution in [0.25, 0.3) is 0 Å². The SMILES string of the molecule is CSCCCCNC(C)(C)C(N)=O. The van der Waals surface area contributed by atoms with Gasteiger partial charge in [-0.25, -0.2) is 0 Å². The Morgan fingerprint density at radius 2 is 2.08 bits per heavy atom. The number of carbonyl (C=O) groups is 1. The molecule has 0 radical (unpaired) electrons. The van der Waals surface area contributed by atoms with Gasteiger partial charge in [0, 0.05) is 0 Å². The van der Waals surface area contributed by atoms with Crippen LogP contribution in [0.1, 0.15) is 26.7 Å². The number of rotatable bonds is 7. The molecule has 78 valence electrons. The summed E-state index contributed by atoms with van der Waals surface area (Å²) in [7, 11) is 0. The molecule has 0 aliphatic carbocycles. The number of carbonyl (C=O) groups excluding carboxylic acids is 1. The summed E-state index contributed by atoms with van der Waals surface area (Å²) in [5.41, 5.74) is 4.64. The summed E-state index contributed by atoms with van der Waals surface area (Å²) >= 11 is 1.85. The van der Waals surface area contributed by atoms with Gasteiger partial charge < -0.3 is 11.1 Å². The van der Waals surface area contributed by atoms with Gasteiger partial charge in [-0.15, -0.1) is 0 Å². The fourth-order valence-corrected chi connectivity index (χ4v) is 1.35. The van der Waals surface area contributed by atoms with Gasteiger partial charge in [0.05, 0.1) is 5.54 Å². The summed E-state index contributed by atoms with van der Waals surface area (Å²) < 4.78 is 0. The van der Waals surface area contributed by atoms with E-state index in [9.17, 15) is 4.79 Å². The standard InChI is InChI=1S/C9H20N2OS/c1-9(2,8(10)12)11-6-4-5-7-13-3/h11H,4-7H2,1-3H3,(H2,10,12). The van der Waals surface area contributed by atoms with Crippen molar-refractivity contribution in [2.45, 2.75) is 32.2 Å². The summed E-state index contributed by atoms with van der Waals surface area (Å²) in [4.78, 5) is 10.9. The minimum absolute atomic E-state index is 0.294. The Hall–Kier alpha value is -0.220. The Kier molecular flexibility index (Phi) is 6.16. The molecule has 0 heterocycles. The van der Waals surface area contributed by atoms with Crippen molar-refractivity contribution in [2.75, 3.05) is 18.6 Å². The molecule has 0 rings (SSSR count). The highest BCUT2D eigenvalue weighted by atomic mass is 32.2. The number of thioether (sulfide) groups is 1. The normalized spacial score (nSPS) is 11.6. The Morgan fingerprint density at radius 3 is 2.54 bits per heavy atom. The summed E-state index contributed by atoms with van der Waals surface area (Å²) in [6.45, 7) is 4.48. The van der Waals surface area contributed by atoms with Crippen molar-refractivity contribution in [1.29, 1.82) is 0 Å². The lowest BCUT2D eigenvalue weighted by atomic mass is 10.1. The molecule has 1 amide bonds. The van der Waals surface area contributed by atoms with E-state index in [2.05, 4.69) is 11.6 Å². The second kappa shape index (κ2) is 6.27. The number of hydrogen-bond donors (Lipinski definition) is 2. The number of amides is 1. The maximum atomic E-state index is 10.9. The van der Waals surface area contributed by atoms with Crippen LogP contribution < -0.4 is 11.1 Å². The van der Waals surface area contributed by atoms with Gasteiger partial charge in [-0.3, -0.25) is 4.79 Å². The summed E-state index contributed by atoms with van der Waals surface area (Å²) in [6, 6.07) is 0. The van der Waals surface area contributed by atoms with Gasteiger partial charge >= 0.3 is 0 Å². The van der Waals surface area contributed by atoms with E-state index in [1.54, 1.807) is 0 Å². The highest BCUT2D eigenvalue weighted by Crippen LogP contribution is 2.02. The van der Waals surface area contributed by atoms with Crippen molar-refractivity contribution >= 4 is 17.7 Å². The zero-order valence-corrected chi connectivity index (χ0v) is 9.54. The lowest BCUT2D eigenvalue weighted by Gasteiger charge is -2.22. The van der Waals surface area contributed by atoms with Crippen molar-refractivity contribution < 1.29 is 4.79 Å².